The summed E-state index contributed by atoms with van der Waals surface area (Å²) in [4.78, 5) is 26.0. The van der Waals surface area contributed by atoms with Crippen molar-refractivity contribution < 1.29 is 33.6 Å². The molecule has 0 spiro atoms. The summed E-state index contributed by atoms with van der Waals surface area (Å²) in [6.07, 6.45) is 0.0840. The molecule has 26 heavy (non-hydrogen) atoms. The van der Waals surface area contributed by atoms with E-state index in [0.29, 0.717) is 23.7 Å². The number of rotatable bonds is 12. The standard InChI is InChI=1S/C18H27NO7/c1-4-26-17(21)5-6-19(7-9-25-10-8-20)18(22)14-11-15(23-2)13-16(12-14)24-3/h11-13,20H,4-10H2,1-3H3. The molecule has 0 aliphatic rings. The maximum Gasteiger partial charge on any atom is 0.307 e. The summed E-state index contributed by atoms with van der Waals surface area (Å²) in [5, 5.41) is 8.77. The molecule has 0 heterocycles. The van der Waals surface area contributed by atoms with Gasteiger partial charge in [-0.05, 0) is 19.1 Å². The lowest BCUT2D eigenvalue weighted by Gasteiger charge is -2.23. The fraction of sp³-hybridized carbons (Fsp3) is 0.556. The van der Waals surface area contributed by atoms with E-state index in [2.05, 4.69) is 0 Å². The summed E-state index contributed by atoms with van der Waals surface area (Å²) >= 11 is 0. The van der Waals surface area contributed by atoms with Crippen LogP contribution in [0.25, 0.3) is 0 Å². The van der Waals surface area contributed by atoms with Crippen LogP contribution in [0.5, 0.6) is 11.5 Å². The monoisotopic (exact) mass is 369 g/mol. The summed E-state index contributed by atoms with van der Waals surface area (Å²) in [6.45, 7) is 2.83. The quantitative estimate of drug-likeness (QED) is 0.436. The Balaban J connectivity index is 2.88. The van der Waals surface area contributed by atoms with Crippen LogP contribution in [0.1, 0.15) is 23.7 Å². The molecule has 0 aliphatic heterocycles. The van der Waals surface area contributed by atoms with E-state index < -0.39 is 0 Å². The lowest BCUT2D eigenvalue weighted by Crippen LogP contribution is -2.36. The summed E-state index contributed by atoms with van der Waals surface area (Å²) in [6, 6.07) is 4.89. The zero-order chi connectivity index (χ0) is 19.4. The van der Waals surface area contributed by atoms with E-state index in [1.807, 2.05) is 0 Å². The Morgan fingerprint density at radius 2 is 1.69 bits per heavy atom. The average Bonchev–Trinajstić information content (AvgIpc) is 2.66. The summed E-state index contributed by atoms with van der Waals surface area (Å²) in [7, 11) is 3.01. The fourth-order valence-electron chi connectivity index (χ4n) is 2.23. The summed E-state index contributed by atoms with van der Waals surface area (Å²) < 4.78 is 20.5. The first kappa shape index (κ1) is 21.7. The van der Waals surface area contributed by atoms with E-state index in [4.69, 9.17) is 24.1 Å². The van der Waals surface area contributed by atoms with Gasteiger partial charge in [-0.2, -0.15) is 0 Å². The lowest BCUT2D eigenvalue weighted by atomic mass is 10.1. The predicted molar refractivity (Wildman–Crippen MR) is 94.6 cm³/mol. The van der Waals surface area contributed by atoms with E-state index in [9.17, 15) is 9.59 Å². The average molecular weight is 369 g/mol. The first-order valence-corrected chi connectivity index (χ1v) is 8.42. The van der Waals surface area contributed by atoms with Crippen molar-refractivity contribution in [3.63, 3.8) is 0 Å². The maximum atomic E-state index is 12.9. The number of methoxy groups -OCH3 is 2. The molecule has 1 aromatic rings. The number of aliphatic hydroxyl groups is 1. The maximum absolute atomic E-state index is 12.9. The number of aliphatic hydroxyl groups excluding tert-OH is 1. The van der Waals surface area contributed by atoms with Gasteiger partial charge < -0.3 is 29.0 Å². The molecule has 0 saturated carbocycles. The first-order chi connectivity index (χ1) is 12.5. The van der Waals surface area contributed by atoms with Crippen LogP contribution in [0, 0.1) is 0 Å². The first-order valence-electron chi connectivity index (χ1n) is 8.42. The van der Waals surface area contributed by atoms with Gasteiger partial charge in [0.05, 0.1) is 47.1 Å². The molecule has 0 atom stereocenters. The van der Waals surface area contributed by atoms with Crippen LogP contribution < -0.4 is 9.47 Å². The molecule has 0 aromatic heterocycles. The number of carbonyl (C=O) groups excluding carboxylic acids is 2. The van der Waals surface area contributed by atoms with Gasteiger partial charge in [-0.3, -0.25) is 9.59 Å². The van der Waals surface area contributed by atoms with Crippen molar-refractivity contribution in [2.45, 2.75) is 13.3 Å². The molecule has 8 heteroatoms. The topological polar surface area (TPSA) is 94.5 Å². The smallest absolute Gasteiger partial charge is 0.307 e. The highest BCUT2D eigenvalue weighted by molar-refractivity contribution is 5.95. The van der Waals surface area contributed by atoms with Crippen LogP contribution >= 0.6 is 0 Å². The van der Waals surface area contributed by atoms with Gasteiger partial charge >= 0.3 is 5.97 Å². The molecule has 0 unspecified atom stereocenters. The highest BCUT2D eigenvalue weighted by Crippen LogP contribution is 2.23. The van der Waals surface area contributed by atoms with E-state index in [0.717, 1.165) is 0 Å². The molecule has 1 rings (SSSR count). The number of amides is 1. The Labute approximate surface area is 153 Å². The van der Waals surface area contributed by atoms with Gasteiger partial charge in [-0.15, -0.1) is 0 Å². The number of hydrogen-bond acceptors (Lipinski definition) is 7. The minimum Gasteiger partial charge on any atom is -0.497 e. The zero-order valence-electron chi connectivity index (χ0n) is 15.5. The Kier molecular flexibility index (Phi) is 10.1. The van der Waals surface area contributed by atoms with Crippen molar-refractivity contribution in [2.24, 2.45) is 0 Å². The van der Waals surface area contributed by atoms with Gasteiger partial charge in [0, 0.05) is 24.7 Å². The van der Waals surface area contributed by atoms with E-state index in [-0.39, 0.29) is 51.2 Å². The van der Waals surface area contributed by atoms with Crippen molar-refractivity contribution in [3.8, 4) is 11.5 Å². The minimum absolute atomic E-state index is 0.0840. The Morgan fingerprint density at radius 3 is 2.23 bits per heavy atom. The third-order valence-electron chi connectivity index (χ3n) is 3.52. The van der Waals surface area contributed by atoms with E-state index in [1.165, 1.54) is 19.1 Å². The molecular formula is C18H27NO7. The Morgan fingerprint density at radius 1 is 1.04 bits per heavy atom. The predicted octanol–water partition coefficient (Wildman–Crippen LogP) is 1.11. The molecule has 0 fully saturated rings. The zero-order valence-corrected chi connectivity index (χ0v) is 15.5. The summed E-state index contributed by atoms with van der Waals surface area (Å²) in [5.74, 6) is 0.341. The molecule has 1 amide bonds. The number of esters is 1. The number of hydrogen-bond donors (Lipinski definition) is 1. The van der Waals surface area contributed by atoms with Crippen LogP contribution in [0.15, 0.2) is 18.2 Å². The number of carbonyl (C=O) groups is 2. The van der Waals surface area contributed by atoms with Gasteiger partial charge in [-0.1, -0.05) is 0 Å². The Hall–Kier alpha value is -2.32. The number of benzene rings is 1. The SMILES string of the molecule is CCOC(=O)CCN(CCOCCO)C(=O)c1cc(OC)cc(OC)c1. The van der Waals surface area contributed by atoms with Crippen molar-refractivity contribution in [1.29, 1.82) is 0 Å². The van der Waals surface area contributed by atoms with Crippen LogP contribution in [0.2, 0.25) is 0 Å². The second-order valence-corrected chi connectivity index (χ2v) is 5.28. The molecule has 0 aliphatic carbocycles. The number of ether oxygens (including phenoxy) is 4. The third kappa shape index (κ3) is 7.28. The highest BCUT2D eigenvalue weighted by atomic mass is 16.5. The van der Waals surface area contributed by atoms with Crippen molar-refractivity contribution >= 4 is 11.9 Å². The fourth-order valence-corrected chi connectivity index (χ4v) is 2.23. The molecule has 146 valence electrons. The third-order valence-corrected chi connectivity index (χ3v) is 3.52. The van der Waals surface area contributed by atoms with Crippen LogP contribution in [-0.4, -0.2) is 75.6 Å². The van der Waals surface area contributed by atoms with Crippen LogP contribution in [0.3, 0.4) is 0 Å². The van der Waals surface area contributed by atoms with Gasteiger partial charge in [-0.25, -0.2) is 0 Å². The molecule has 1 aromatic carbocycles. The van der Waals surface area contributed by atoms with Crippen molar-refractivity contribution in [1.82, 2.24) is 4.90 Å². The van der Waals surface area contributed by atoms with Crippen LogP contribution in [0.4, 0.5) is 0 Å². The molecule has 1 N–H and O–H groups in total. The van der Waals surface area contributed by atoms with Gasteiger partial charge in [0.15, 0.2) is 0 Å². The van der Waals surface area contributed by atoms with E-state index >= 15 is 0 Å². The van der Waals surface area contributed by atoms with Gasteiger partial charge in [0.1, 0.15) is 11.5 Å². The molecule has 0 saturated heterocycles. The van der Waals surface area contributed by atoms with Gasteiger partial charge in [0.2, 0.25) is 0 Å². The largest absolute Gasteiger partial charge is 0.497 e. The van der Waals surface area contributed by atoms with Crippen molar-refractivity contribution in [2.75, 3.05) is 53.7 Å². The minimum atomic E-state index is -0.371. The number of nitrogens with zero attached hydrogens (tertiary/aromatic N) is 1. The second-order valence-electron chi connectivity index (χ2n) is 5.28. The molecule has 0 radical (unpaired) electrons. The molecular weight excluding hydrogens is 342 g/mol. The normalized spacial score (nSPS) is 10.3. The molecule has 0 bridgehead atoms. The van der Waals surface area contributed by atoms with Crippen LogP contribution in [-0.2, 0) is 14.3 Å². The van der Waals surface area contributed by atoms with Gasteiger partial charge in [0.25, 0.3) is 5.91 Å². The lowest BCUT2D eigenvalue weighted by molar-refractivity contribution is -0.143. The Bertz CT molecular complexity index is 554. The second kappa shape index (κ2) is 12.1. The highest BCUT2D eigenvalue weighted by Gasteiger charge is 2.19. The molecule has 8 nitrogen and oxygen atoms in total. The summed E-state index contributed by atoms with van der Waals surface area (Å²) in [5.41, 5.74) is 0.382. The van der Waals surface area contributed by atoms with E-state index in [1.54, 1.807) is 25.1 Å². The van der Waals surface area contributed by atoms with Crippen molar-refractivity contribution in [3.05, 3.63) is 23.8 Å².